The normalized spacial score (nSPS) is 12.2. The van der Waals surface area contributed by atoms with Crippen molar-refractivity contribution in [2.75, 3.05) is 7.11 Å². The molecule has 21 heavy (non-hydrogen) atoms. The molecule has 0 fully saturated rings. The van der Waals surface area contributed by atoms with Crippen LogP contribution in [-0.4, -0.2) is 41.5 Å². The summed E-state index contributed by atoms with van der Waals surface area (Å²) in [6.07, 6.45) is 0. The van der Waals surface area contributed by atoms with Crippen LogP contribution in [0.4, 0.5) is 4.39 Å². The van der Waals surface area contributed by atoms with Crippen LogP contribution < -0.4 is 5.46 Å². The number of ether oxygens (including phenoxy) is 1. The highest BCUT2D eigenvalue weighted by molar-refractivity contribution is 6.61. The van der Waals surface area contributed by atoms with Gasteiger partial charge in [-0.1, -0.05) is 0 Å². The van der Waals surface area contributed by atoms with Gasteiger partial charge in [0.1, 0.15) is 5.82 Å². The van der Waals surface area contributed by atoms with E-state index in [4.69, 9.17) is 4.65 Å². The van der Waals surface area contributed by atoms with Gasteiger partial charge in [0.25, 0.3) is 0 Å². The maximum absolute atomic E-state index is 13.4. The van der Waals surface area contributed by atoms with Crippen LogP contribution in [-0.2, 0) is 9.39 Å². The lowest BCUT2D eigenvalue weighted by Crippen LogP contribution is -2.53. The van der Waals surface area contributed by atoms with E-state index in [9.17, 15) is 19.3 Å². The first-order chi connectivity index (χ1) is 9.49. The van der Waals surface area contributed by atoms with E-state index in [1.807, 2.05) is 0 Å². The largest absolute Gasteiger partial charge is 0.492 e. The fourth-order valence-corrected chi connectivity index (χ4v) is 1.52. The van der Waals surface area contributed by atoms with Crippen molar-refractivity contribution in [2.45, 2.75) is 38.9 Å². The summed E-state index contributed by atoms with van der Waals surface area (Å²) in [6, 6.07) is 3.29. The van der Waals surface area contributed by atoms with Crippen molar-refractivity contribution in [3.8, 4) is 0 Å². The fourth-order valence-electron chi connectivity index (χ4n) is 1.52. The molecule has 5 nitrogen and oxygen atoms in total. The summed E-state index contributed by atoms with van der Waals surface area (Å²) in [7, 11) is -0.403. The summed E-state index contributed by atoms with van der Waals surface area (Å²) in [6.45, 7) is 6.19. The Morgan fingerprint density at radius 2 is 1.86 bits per heavy atom. The summed E-state index contributed by atoms with van der Waals surface area (Å²) in [5.74, 6) is -1.34. The fraction of sp³-hybridized carbons (Fsp3) is 0.500. The van der Waals surface area contributed by atoms with Gasteiger partial charge in [0.15, 0.2) is 0 Å². The zero-order valence-electron chi connectivity index (χ0n) is 12.8. The molecule has 0 saturated heterocycles. The molecule has 7 heteroatoms. The summed E-state index contributed by atoms with van der Waals surface area (Å²) in [5.41, 5.74) is -2.45. The Hall–Kier alpha value is -1.44. The van der Waals surface area contributed by atoms with Crippen molar-refractivity contribution >= 4 is 18.6 Å². The minimum absolute atomic E-state index is 0.00190. The van der Waals surface area contributed by atoms with Crippen LogP contribution in [0, 0.1) is 5.82 Å². The van der Waals surface area contributed by atoms with Crippen LogP contribution in [0.1, 0.15) is 38.1 Å². The predicted molar refractivity (Wildman–Crippen MR) is 76.8 cm³/mol. The maximum Gasteiger partial charge on any atom is 0.492 e. The molecular weight excluding hydrogens is 278 g/mol. The van der Waals surface area contributed by atoms with E-state index in [2.05, 4.69) is 4.74 Å². The molecule has 0 aromatic heterocycles. The third kappa shape index (κ3) is 4.03. The van der Waals surface area contributed by atoms with E-state index in [0.717, 1.165) is 12.1 Å². The van der Waals surface area contributed by atoms with Crippen LogP contribution in [0.3, 0.4) is 0 Å². The molecule has 1 aromatic carbocycles. The molecule has 0 saturated carbocycles. The first-order valence-electron chi connectivity index (χ1n) is 6.45. The van der Waals surface area contributed by atoms with Crippen molar-refractivity contribution < 1.29 is 28.7 Å². The zero-order valence-corrected chi connectivity index (χ0v) is 12.8. The van der Waals surface area contributed by atoms with E-state index in [0.29, 0.717) is 0 Å². The third-order valence-corrected chi connectivity index (χ3v) is 3.56. The van der Waals surface area contributed by atoms with Gasteiger partial charge in [-0.2, -0.15) is 0 Å². The lowest BCUT2D eigenvalue weighted by atomic mass is 9.74. The zero-order chi connectivity index (χ0) is 16.4. The van der Waals surface area contributed by atoms with Crippen molar-refractivity contribution in [3.63, 3.8) is 0 Å². The minimum atomic E-state index is -1.59. The van der Waals surface area contributed by atoms with Crippen molar-refractivity contribution in [1.82, 2.24) is 0 Å². The quantitative estimate of drug-likeness (QED) is 0.623. The first kappa shape index (κ1) is 17.6. The number of benzene rings is 1. The average Bonchev–Trinajstić information content (AvgIpc) is 2.35. The van der Waals surface area contributed by atoms with Gasteiger partial charge < -0.3 is 19.5 Å². The maximum atomic E-state index is 13.4. The number of halogens is 1. The molecule has 116 valence electrons. The SMILES string of the molecule is COC(=O)c1ccc(F)cc1B(O)OC(C)(C)C(C)(C)O. The van der Waals surface area contributed by atoms with Gasteiger partial charge in [-0.3, -0.25) is 0 Å². The standard InChI is InChI=1S/C14H20BFO5/c1-13(2,18)14(3,4)21-15(19)11-8-9(16)6-7-10(11)12(17)20-5/h6-8,18-19H,1-5H3. The summed E-state index contributed by atoms with van der Waals surface area (Å²) < 4.78 is 23.4. The molecule has 1 aromatic rings. The van der Waals surface area contributed by atoms with E-state index in [-0.39, 0.29) is 11.0 Å². The molecule has 0 radical (unpaired) electrons. The van der Waals surface area contributed by atoms with Gasteiger partial charge in [-0.25, -0.2) is 9.18 Å². The molecule has 0 bridgehead atoms. The summed E-state index contributed by atoms with van der Waals surface area (Å²) in [4.78, 5) is 11.7. The Bertz CT molecular complexity index is 525. The molecule has 1 rings (SSSR count). The van der Waals surface area contributed by atoms with Crippen LogP contribution in [0.2, 0.25) is 0 Å². The molecule has 0 atom stereocenters. The summed E-state index contributed by atoms with van der Waals surface area (Å²) >= 11 is 0. The molecule has 2 N–H and O–H groups in total. The van der Waals surface area contributed by atoms with Gasteiger partial charge in [0, 0.05) is 0 Å². The van der Waals surface area contributed by atoms with E-state index in [1.54, 1.807) is 13.8 Å². The van der Waals surface area contributed by atoms with Crippen LogP contribution >= 0.6 is 0 Å². The average molecular weight is 298 g/mol. The highest BCUT2D eigenvalue weighted by atomic mass is 19.1. The van der Waals surface area contributed by atoms with Crippen LogP contribution in [0.25, 0.3) is 0 Å². The van der Waals surface area contributed by atoms with Gasteiger partial charge >= 0.3 is 13.1 Å². The lowest BCUT2D eigenvalue weighted by Gasteiger charge is -2.38. The number of carbonyl (C=O) groups is 1. The second-order valence-electron chi connectivity index (χ2n) is 5.76. The molecule has 0 aliphatic rings. The Kier molecular flexibility index (Phi) is 5.14. The van der Waals surface area contributed by atoms with E-state index in [1.165, 1.54) is 27.0 Å². The van der Waals surface area contributed by atoms with Gasteiger partial charge in [0.05, 0.1) is 23.9 Å². The molecule has 0 aliphatic heterocycles. The van der Waals surface area contributed by atoms with Crippen molar-refractivity contribution in [3.05, 3.63) is 29.6 Å². The number of carbonyl (C=O) groups excluding carboxylic acids is 1. The van der Waals surface area contributed by atoms with E-state index >= 15 is 0 Å². The van der Waals surface area contributed by atoms with Crippen molar-refractivity contribution in [2.24, 2.45) is 0 Å². The second-order valence-corrected chi connectivity index (χ2v) is 5.76. The minimum Gasteiger partial charge on any atom is -0.465 e. The first-order valence-corrected chi connectivity index (χ1v) is 6.45. The highest BCUT2D eigenvalue weighted by Crippen LogP contribution is 2.25. The monoisotopic (exact) mass is 298 g/mol. The second kappa shape index (κ2) is 6.13. The smallest absolute Gasteiger partial charge is 0.465 e. The molecule has 0 aliphatic carbocycles. The highest BCUT2D eigenvalue weighted by Gasteiger charge is 2.40. The van der Waals surface area contributed by atoms with Crippen molar-refractivity contribution in [1.29, 1.82) is 0 Å². The number of esters is 1. The Morgan fingerprint density at radius 1 is 1.29 bits per heavy atom. The van der Waals surface area contributed by atoms with Gasteiger partial charge in [0.2, 0.25) is 0 Å². The molecular formula is C14H20BFO5. The molecule has 0 amide bonds. The van der Waals surface area contributed by atoms with Crippen LogP contribution in [0.5, 0.6) is 0 Å². The lowest BCUT2D eigenvalue weighted by molar-refractivity contribution is -0.0982. The Balaban J connectivity index is 3.15. The number of hydrogen-bond acceptors (Lipinski definition) is 5. The number of hydrogen-bond donors (Lipinski definition) is 2. The third-order valence-electron chi connectivity index (χ3n) is 3.56. The van der Waals surface area contributed by atoms with Gasteiger partial charge in [-0.15, -0.1) is 0 Å². The number of aliphatic hydroxyl groups is 1. The topological polar surface area (TPSA) is 76.0 Å². The van der Waals surface area contributed by atoms with Gasteiger partial charge in [-0.05, 0) is 51.4 Å². The Labute approximate surface area is 123 Å². The molecule has 0 spiro atoms. The number of rotatable bonds is 5. The molecule has 0 unspecified atom stereocenters. The summed E-state index contributed by atoms with van der Waals surface area (Å²) in [5, 5.41) is 20.2. The number of methoxy groups -OCH3 is 1. The van der Waals surface area contributed by atoms with E-state index < -0.39 is 30.1 Å². The Morgan fingerprint density at radius 3 is 2.33 bits per heavy atom. The van der Waals surface area contributed by atoms with Crippen LogP contribution in [0.15, 0.2) is 18.2 Å². The molecule has 0 heterocycles. The predicted octanol–water partition coefficient (Wildman–Crippen LogP) is 0.866.